The van der Waals surface area contributed by atoms with Gasteiger partial charge in [-0.3, -0.25) is 14.3 Å². The van der Waals surface area contributed by atoms with Gasteiger partial charge in [0.05, 0.1) is 25.2 Å². The van der Waals surface area contributed by atoms with E-state index in [1.807, 2.05) is 39.3 Å². The van der Waals surface area contributed by atoms with E-state index in [2.05, 4.69) is 11.1 Å². The van der Waals surface area contributed by atoms with Crippen LogP contribution in [0.1, 0.15) is 59.3 Å². The fourth-order valence-corrected chi connectivity index (χ4v) is 5.31. The Morgan fingerprint density at radius 3 is 2.55 bits per heavy atom. The summed E-state index contributed by atoms with van der Waals surface area (Å²) in [6.07, 6.45) is -1.25. The molecule has 1 aromatic heterocycles. The van der Waals surface area contributed by atoms with E-state index >= 15 is 0 Å². The highest BCUT2D eigenvalue weighted by molar-refractivity contribution is 7.44. The molecule has 0 aliphatic carbocycles. The molecule has 0 radical (unpaired) electrons. The smallest absolute Gasteiger partial charge is 0.330 e. The number of H-pyrrole nitrogens is 1. The lowest BCUT2D eigenvalue weighted by Gasteiger charge is -2.37. The average molecular weight is 456 g/mol. The number of hydrogen-bond acceptors (Lipinski definition) is 8. The number of aromatic nitrogens is 2. The molecule has 1 aromatic rings. The third kappa shape index (κ3) is 6.01. The van der Waals surface area contributed by atoms with Crippen molar-refractivity contribution in [3.8, 4) is 6.07 Å². The minimum absolute atomic E-state index is 0.0751. The Kier molecular flexibility index (Phi) is 9.37. The number of ether oxygens (including phenoxy) is 1. The van der Waals surface area contributed by atoms with Gasteiger partial charge in [-0.25, -0.2) is 9.46 Å². The topological polar surface area (TPSA) is 130 Å². The largest absolute Gasteiger partial charge is 0.387 e. The van der Waals surface area contributed by atoms with Crippen molar-refractivity contribution < 1.29 is 18.9 Å². The molecule has 1 aliphatic rings. The van der Waals surface area contributed by atoms with Gasteiger partial charge < -0.3 is 18.9 Å². The van der Waals surface area contributed by atoms with Crippen molar-refractivity contribution in [3.05, 3.63) is 32.6 Å². The minimum Gasteiger partial charge on any atom is -0.387 e. The maximum Gasteiger partial charge on any atom is 0.330 e. The summed E-state index contributed by atoms with van der Waals surface area (Å²) in [6, 6.07) is 2.20. The first-order chi connectivity index (χ1) is 14.6. The highest BCUT2D eigenvalue weighted by Crippen LogP contribution is 2.50. The molecule has 0 spiro atoms. The summed E-state index contributed by atoms with van der Waals surface area (Å²) in [5.74, 6) is 0. The van der Waals surface area contributed by atoms with Crippen LogP contribution in [-0.4, -0.2) is 56.3 Å². The number of hydrogen-bond donors (Lipinski definition) is 2. The van der Waals surface area contributed by atoms with Gasteiger partial charge in [0.15, 0.2) is 6.23 Å². The van der Waals surface area contributed by atoms with E-state index in [0.29, 0.717) is 12.0 Å². The third-order valence-electron chi connectivity index (χ3n) is 5.01. The highest BCUT2D eigenvalue weighted by atomic mass is 31.2. The van der Waals surface area contributed by atoms with Crippen LogP contribution in [0.25, 0.3) is 0 Å². The zero-order valence-electron chi connectivity index (χ0n) is 18.9. The van der Waals surface area contributed by atoms with Crippen molar-refractivity contribution in [3.63, 3.8) is 0 Å². The molecule has 1 saturated heterocycles. The maximum absolute atomic E-state index is 12.5. The Morgan fingerprint density at radius 2 is 2.00 bits per heavy atom. The Morgan fingerprint density at radius 1 is 1.35 bits per heavy atom. The summed E-state index contributed by atoms with van der Waals surface area (Å²) in [4.78, 5) is 26.6. The first kappa shape index (κ1) is 25.7. The number of aliphatic hydroxyl groups excluding tert-OH is 1. The molecule has 2 rings (SSSR count). The summed E-state index contributed by atoms with van der Waals surface area (Å²) < 4.78 is 21.5. The molecular formula is C20H33N4O6P. The molecule has 10 nitrogen and oxygen atoms in total. The van der Waals surface area contributed by atoms with E-state index in [9.17, 15) is 14.7 Å². The molecule has 174 valence electrons. The number of aromatic amines is 1. The molecule has 0 aromatic carbocycles. The highest BCUT2D eigenvalue weighted by Gasteiger charge is 2.48. The second-order valence-electron chi connectivity index (χ2n) is 8.06. The number of rotatable bonds is 10. The van der Waals surface area contributed by atoms with Gasteiger partial charge in [0.2, 0.25) is 0 Å². The van der Waals surface area contributed by atoms with Gasteiger partial charge >= 0.3 is 5.69 Å². The quantitative estimate of drug-likeness (QED) is 0.405. The Labute approximate surface area is 183 Å². The van der Waals surface area contributed by atoms with Gasteiger partial charge in [-0.2, -0.15) is 5.26 Å². The van der Waals surface area contributed by atoms with Crippen molar-refractivity contribution in [2.75, 3.05) is 6.61 Å². The molecule has 1 fully saturated rings. The van der Waals surface area contributed by atoms with Crippen LogP contribution >= 0.6 is 8.53 Å². The molecule has 2 N–H and O–H groups in total. The summed E-state index contributed by atoms with van der Waals surface area (Å²) in [6.45, 7) is 11.7. The first-order valence-corrected chi connectivity index (χ1v) is 11.7. The molecule has 0 saturated carbocycles. The van der Waals surface area contributed by atoms with Gasteiger partial charge in [-0.05, 0) is 41.0 Å². The molecular weight excluding hydrogens is 423 g/mol. The lowest BCUT2D eigenvalue weighted by Crippen LogP contribution is -2.41. The Balaban J connectivity index is 2.43. The Hall–Kier alpha value is -1.60. The van der Waals surface area contributed by atoms with Crippen LogP contribution in [0.5, 0.6) is 0 Å². The number of aliphatic hydroxyl groups is 1. The van der Waals surface area contributed by atoms with Crippen LogP contribution < -0.4 is 11.2 Å². The summed E-state index contributed by atoms with van der Waals surface area (Å²) >= 11 is 0. The van der Waals surface area contributed by atoms with E-state index in [4.69, 9.17) is 19.0 Å². The molecule has 5 atom stereocenters. The molecule has 2 heterocycles. The second-order valence-corrected chi connectivity index (χ2v) is 9.47. The van der Waals surface area contributed by atoms with Crippen LogP contribution in [0.15, 0.2) is 15.8 Å². The van der Waals surface area contributed by atoms with Crippen molar-refractivity contribution in [1.82, 2.24) is 14.2 Å². The normalized spacial score (nSPS) is 24.8. The number of nitrogens with zero attached hydrogens (tertiary/aromatic N) is 3. The number of nitriles is 1. The number of nitrogens with one attached hydrogen (secondary N) is 1. The van der Waals surface area contributed by atoms with Gasteiger partial charge in [0, 0.05) is 23.8 Å². The van der Waals surface area contributed by atoms with Crippen LogP contribution in [0.4, 0.5) is 0 Å². The van der Waals surface area contributed by atoms with Crippen molar-refractivity contribution in [1.29, 1.82) is 5.26 Å². The summed E-state index contributed by atoms with van der Waals surface area (Å²) in [7, 11) is -1.66. The molecule has 2 unspecified atom stereocenters. The third-order valence-corrected chi connectivity index (χ3v) is 7.14. The van der Waals surface area contributed by atoms with Crippen molar-refractivity contribution >= 4 is 8.53 Å². The average Bonchev–Trinajstić information content (AvgIpc) is 2.99. The molecule has 0 amide bonds. The van der Waals surface area contributed by atoms with Crippen LogP contribution in [0.3, 0.4) is 0 Å². The maximum atomic E-state index is 12.5. The lowest BCUT2D eigenvalue weighted by molar-refractivity contribution is -0.0376. The van der Waals surface area contributed by atoms with E-state index in [0.717, 1.165) is 0 Å². The van der Waals surface area contributed by atoms with Crippen molar-refractivity contribution in [2.45, 2.75) is 91.0 Å². The number of aryl methyl sites for hydroxylation is 1. The zero-order chi connectivity index (χ0) is 23.3. The van der Waals surface area contributed by atoms with Crippen LogP contribution in [0.2, 0.25) is 0 Å². The monoisotopic (exact) mass is 456 g/mol. The molecule has 31 heavy (non-hydrogen) atoms. The fraction of sp³-hybridized carbons (Fsp3) is 0.750. The fourth-order valence-electron chi connectivity index (χ4n) is 3.57. The van der Waals surface area contributed by atoms with Gasteiger partial charge in [-0.15, -0.1) is 0 Å². The van der Waals surface area contributed by atoms with Gasteiger partial charge in [0.25, 0.3) is 14.1 Å². The summed E-state index contributed by atoms with van der Waals surface area (Å²) in [5, 5.41) is 19.8. The predicted molar refractivity (Wildman–Crippen MR) is 116 cm³/mol. The first-order valence-electron chi connectivity index (χ1n) is 10.5. The van der Waals surface area contributed by atoms with E-state index in [1.165, 1.54) is 10.8 Å². The Bertz CT molecular complexity index is 872. The second kappa shape index (κ2) is 11.3. The minimum atomic E-state index is -1.66. The molecule has 1 aliphatic heterocycles. The van der Waals surface area contributed by atoms with E-state index < -0.39 is 44.3 Å². The van der Waals surface area contributed by atoms with Crippen LogP contribution in [0, 0.1) is 18.3 Å². The predicted octanol–water partition coefficient (Wildman–Crippen LogP) is 2.17. The zero-order valence-corrected chi connectivity index (χ0v) is 19.8. The van der Waals surface area contributed by atoms with Gasteiger partial charge in [0.1, 0.15) is 12.2 Å². The SMILES string of the molecule is CC[C@H]1O[C@@H](n2cc(C)c(=O)[nH]c2=O)[C@@H](OP(OCCC#N)N(C(C)C)C(C)C)C1O. The molecule has 11 heteroatoms. The van der Waals surface area contributed by atoms with Crippen molar-refractivity contribution in [2.24, 2.45) is 0 Å². The van der Waals surface area contributed by atoms with Crippen LogP contribution in [-0.2, 0) is 13.8 Å². The van der Waals surface area contributed by atoms with E-state index in [1.54, 1.807) is 6.92 Å². The summed E-state index contributed by atoms with van der Waals surface area (Å²) in [5.41, 5.74) is -0.774. The lowest BCUT2D eigenvalue weighted by atomic mass is 10.1. The van der Waals surface area contributed by atoms with E-state index in [-0.39, 0.29) is 25.1 Å². The van der Waals surface area contributed by atoms with Gasteiger partial charge in [-0.1, -0.05) is 6.92 Å². The molecule has 0 bridgehead atoms. The standard InChI is InChI=1S/C20H33N4O6P/c1-7-15-16(25)17(19(29-15)23-11-14(6)18(26)22-20(23)27)30-31(28-10-8-9-21)24(12(2)3)13(4)5/h11-13,15-17,19,25H,7-8,10H2,1-6H3,(H,22,26,27)/t15-,16?,17+,19-,31?/m1/s1.